The summed E-state index contributed by atoms with van der Waals surface area (Å²) >= 11 is 5.99. The first-order valence-corrected chi connectivity index (χ1v) is 6.21. The molecule has 1 aliphatic heterocycles. The van der Waals surface area contributed by atoms with Crippen LogP contribution in [-0.4, -0.2) is 14.6 Å². The highest BCUT2D eigenvalue weighted by molar-refractivity contribution is 6.20. The monoisotopic (exact) mass is 255 g/mol. The number of hydrogen-bond acceptors (Lipinski definition) is 2. The number of halogens is 1. The van der Waals surface area contributed by atoms with Crippen LogP contribution in [0.4, 0.5) is 0 Å². The minimum atomic E-state index is -0.251. The Morgan fingerprint density at radius 2 is 2.18 bits per heavy atom. The first kappa shape index (κ1) is 12.4. The van der Waals surface area contributed by atoms with Crippen molar-refractivity contribution in [2.24, 2.45) is 17.5 Å². The SMILES string of the molecule is Cn1c2c(n(CC(C)(C)C)c1=O)=CCC(Cl)N=2. The molecule has 0 N–H and O–H groups in total. The smallest absolute Gasteiger partial charge is 0.290 e. The van der Waals surface area contributed by atoms with Crippen molar-refractivity contribution in [3.63, 3.8) is 0 Å². The van der Waals surface area contributed by atoms with E-state index >= 15 is 0 Å². The number of aromatic nitrogens is 2. The fourth-order valence-corrected chi connectivity index (χ4v) is 2.22. The van der Waals surface area contributed by atoms with Crippen LogP contribution in [0.25, 0.3) is 6.08 Å². The lowest BCUT2D eigenvalue weighted by Crippen LogP contribution is -2.38. The Labute approximate surface area is 105 Å². The normalized spacial score (nSPS) is 19.5. The van der Waals surface area contributed by atoms with Gasteiger partial charge >= 0.3 is 5.69 Å². The molecule has 2 rings (SSSR count). The van der Waals surface area contributed by atoms with Crippen molar-refractivity contribution in [1.29, 1.82) is 0 Å². The third kappa shape index (κ3) is 2.32. The molecule has 94 valence electrons. The summed E-state index contributed by atoms with van der Waals surface area (Å²) in [6, 6.07) is 0. The highest BCUT2D eigenvalue weighted by atomic mass is 35.5. The van der Waals surface area contributed by atoms with E-state index in [1.807, 2.05) is 6.08 Å². The minimum Gasteiger partial charge on any atom is -0.290 e. The van der Waals surface area contributed by atoms with Crippen LogP contribution in [0.15, 0.2) is 9.79 Å². The number of fused-ring (bicyclic) bond motifs is 1. The van der Waals surface area contributed by atoms with Gasteiger partial charge in [0.25, 0.3) is 0 Å². The molecule has 1 aromatic rings. The molecule has 17 heavy (non-hydrogen) atoms. The van der Waals surface area contributed by atoms with Gasteiger partial charge in [-0.3, -0.25) is 9.13 Å². The quantitative estimate of drug-likeness (QED) is 0.535. The predicted molar refractivity (Wildman–Crippen MR) is 68.6 cm³/mol. The number of alkyl halides is 1. The predicted octanol–water partition coefficient (Wildman–Crippen LogP) is 0.602. The lowest BCUT2D eigenvalue weighted by molar-refractivity contribution is 0.333. The van der Waals surface area contributed by atoms with Gasteiger partial charge in [0.2, 0.25) is 0 Å². The topological polar surface area (TPSA) is 39.3 Å². The average Bonchev–Trinajstić information content (AvgIpc) is 2.42. The molecule has 0 radical (unpaired) electrons. The van der Waals surface area contributed by atoms with Gasteiger partial charge in [0.1, 0.15) is 5.50 Å². The third-order valence-electron chi connectivity index (χ3n) is 2.76. The van der Waals surface area contributed by atoms with E-state index in [9.17, 15) is 4.79 Å². The van der Waals surface area contributed by atoms with Gasteiger partial charge in [-0.05, 0) is 5.41 Å². The molecule has 0 saturated heterocycles. The highest BCUT2D eigenvalue weighted by Crippen LogP contribution is 2.14. The van der Waals surface area contributed by atoms with Crippen LogP contribution >= 0.6 is 11.6 Å². The van der Waals surface area contributed by atoms with Gasteiger partial charge in [-0.25, -0.2) is 9.79 Å². The minimum absolute atomic E-state index is 0.0179. The largest absolute Gasteiger partial charge is 0.330 e. The third-order valence-corrected chi connectivity index (χ3v) is 3.03. The van der Waals surface area contributed by atoms with Gasteiger partial charge in [-0.1, -0.05) is 38.4 Å². The molecule has 5 heteroatoms. The lowest BCUT2D eigenvalue weighted by Gasteiger charge is -2.18. The Hall–Kier alpha value is -1.03. The summed E-state index contributed by atoms with van der Waals surface area (Å²) in [5, 5.41) is 0.907. The standard InChI is InChI=1S/C12H18ClN3O/c1-12(2,3)7-16-8-5-6-9(13)14-10(8)15(4)11(16)17/h5,9H,6-7H2,1-4H3. The van der Waals surface area contributed by atoms with Crippen molar-refractivity contribution in [3.8, 4) is 0 Å². The van der Waals surface area contributed by atoms with E-state index in [0.717, 1.165) is 5.35 Å². The second kappa shape index (κ2) is 4.02. The van der Waals surface area contributed by atoms with E-state index in [1.165, 1.54) is 0 Å². The van der Waals surface area contributed by atoms with E-state index in [-0.39, 0.29) is 16.6 Å². The molecule has 1 aliphatic rings. The van der Waals surface area contributed by atoms with Crippen molar-refractivity contribution in [3.05, 3.63) is 21.3 Å². The molecule has 0 amide bonds. The highest BCUT2D eigenvalue weighted by Gasteiger charge is 2.18. The van der Waals surface area contributed by atoms with E-state index in [4.69, 9.17) is 11.6 Å². The maximum absolute atomic E-state index is 12.1. The molecule has 1 aromatic heterocycles. The molecule has 0 saturated carbocycles. The van der Waals surface area contributed by atoms with E-state index < -0.39 is 0 Å². The van der Waals surface area contributed by atoms with Crippen LogP contribution in [0.1, 0.15) is 27.2 Å². The number of rotatable bonds is 1. The maximum Gasteiger partial charge on any atom is 0.330 e. The summed E-state index contributed by atoms with van der Waals surface area (Å²) in [5.74, 6) is 0. The second-order valence-corrected chi connectivity index (χ2v) is 6.20. The van der Waals surface area contributed by atoms with E-state index in [2.05, 4.69) is 25.8 Å². The Morgan fingerprint density at radius 1 is 1.53 bits per heavy atom. The summed E-state index contributed by atoms with van der Waals surface area (Å²) in [6.45, 7) is 7.03. The zero-order valence-electron chi connectivity index (χ0n) is 10.7. The van der Waals surface area contributed by atoms with Gasteiger partial charge in [-0.2, -0.15) is 0 Å². The van der Waals surface area contributed by atoms with Gasteiger partial charge in [0.15, 0.2) is 5.49 Å². The Balaban J connectivity index is 2.69. The first-order chi connectivity index (χ1) is 7.79. The average molecular weight is 256 g/mol. The van der Waals surface area contributed by atoms with Gasteiger partial charge in [0.05, 0.1) is 5.35 Å². The molecule has 2 heterocycles. The number of hydrogen-bond donors (Lipinski definition) is 0. The van der Waals surface area contributed by atoms with Crippen LogP contribution < -0.4 is 16.5 Å². The Kier molecular flexibility index (Phi) is 2.94. The van der Waals surface area contributed by atoms with Gasteiger partial charge in [-0.15, -0.1) is 0 Å². The first-order valence-electron chi connectivity index (χ1n) is 5.77. The molecular formula is C12H18ClN3O. The number of imidazole rings is 1. The second-order valence-electron chi connectivity index (χ2n) is 5.70. The molecule has 0 fully saturated rings. The summed E-state index contributed by atoms with van der Waals surface area (Å²) in [7, 11) is 1.74. The Morgan fingerprint density at radius 3 is 2.76 bits per heavy atom. The zero-order chi connectivity index (χ0) is 12.8. The molecule has 1 unspecified atom stereocenters. The van der Waals surface area contributed by atoms with Gasteiger partial charge in [0, 0.05) is 20.0 Å². The van der Waals surface area contributed by atoms with Crippen LogP contribution in [-0.2, 0) is 13.6 Å². The van der Waals surface area contributed by atoms with Gasteiger partial charge < -0.3 is 0 Å². The van der Waals surface area contributed by atoms with Crippen LogP contribution in [0.5, 0.6) is 0 Å². The molecule has 0 spiro atoms. The van der Waals surface area contributed by atoms with Crippen molar-refractivity contribution in [2.45, 2.75) is 39.2 Å². The number of nitrogens with zero attached hydrogens (tertiary/aromatic N) is 3. The summed E-state index contributed by atoms with van der Waals surface area (Å²) in [5.41, 5.74) is 0.490. The summed E-state index contributed by atoms with van der Waals surface area (Å²) < 4.78 is 3.37. The van der Waals surface area contributed by atoms with Crippen LogP contribution in [0, 0.1) is 5.41 Å². The fourth-order valence-electron chi connectivity index (χ4n) is 2.04. The molecule has 0 aromatic carbocycles. The summed E-state index contributed by atoms with van der Waals surface area (Å²) in [6.07, 6.45) is 2.69. The van der Waals surface area contributed by atoms with Crippen molar-refractivity contribution in [1.82, 2.24) is 9.13 Å². The zero-order valence-corrected chi connectivity index (χ0v) is 11.5. The fraction of sp³-hybridized carbons (Fsp3) is 0.667. The molecular weight excluding hydrogens is 238 g/mol. The Bertz CT molecular complexity index is 603. The molecule has 0 aliphatic carbocycles. The summed E-state index contributed by atoms with van der Waals surface area (Å²) in [4.78, 5) is 16.5. The van der Waals surface area contributed by atoms with Crippen molar-refractivity contribution in [2.75, 3.05) is 0 Å². The van der Waals surface area contributed by atoms with E-state index in [1.54, 1.807) is 16.2 Å². The maximum atomic E-state index is 12.1. The molecule has 1 atom stereocenters. The van der Waals surface area contributed by atoms with Crippen molar-refractivity contribution < 1.29 is 0 Å². The molecule has 4 nitrogen and oxygen atoms in total. The van der Waals surface area contributed by atoms with E-state index in [0.29, 0.717) is 18.5 Å². The lowest BCUT2D eigenvalue weighted by atomic mass is 9.97. The van der Waals surface area contributed by atoms with Crippen molar-refractivity contribution >= 4 is 17.7 Å². The van der Waals surface area contributed by atoms with Crippen LogP contribution in [0.3, 0.4) is 0 Å². The van der Waals surface area contributed by atoms with Crippen LogP contribution in [0.2, 0.25) is 0 Å². The molecule has 0 bridgehead atoms.